The Morgan fingerprint density at radius 2 is 1.90 bits per heavy atom. The maximum atomic E-state index is 11.7. The Balaban J connectivity index is 1.67. The molecule has 2 N–H and O–H groups in total. The van der Waals surface area contributed by atoms with E-state index in [1.807, 2.05) is 44.2 Å². The lowest BCUT2D eigenvalue weighted by Gasteiger charge is -2.11. The first kappa shape index (κ1) is 21.1. The number of hydrogen-bond donors (Lipinski definition) is 2. The van der Waals surface area contributed by atoms with Gasteiger partial charge in [-0.3, -0.25) is 9.78 Å². The van der Waals surface area contributed by atoms with E-state index in [0.717, 1.165) is 11.1 Å². The molecule has 1 heterocycles. The van der Waals surface area contributed by atoms with Gasteiger partial charge in [0.1, 0.15) is 6.61 Å². The molecule has 3 aromatic rings. The highest BCUT2D eigenvalue weighted by Crippen LogP contribution is 2.28. The number of anilines is 1. The Hall–Kier alpha value is -3.61. The third-order valence-electron chi connectivity index (χ3n) is 4.44. The van der Waals surface area contributed by atoms with Crippen LogP contribution >= 0.6 is 0 Å². The minimum Gasteiger partial charge on any atom is -0.493 e. The maximum absolute atomic E-state index is 11.7. The van der Waals surface area contributed by atoms with Crippen molar-refractivity contribution in [3.8, 4) is 11.5 Å². The van der Waals surface area contributed by atoms with Crippen LogP contribution in [-0.2, 0) is 6.61 Å². The van der Waals surface area contributed by atoms with Crippen molar-refractivity contribution in [1.82, 2.24) is 9.97 Å². The molecule has 0 saturated carbocycles. The lowest BCUT2D eigenvalue weighted by Crippen LogP contribution is -2.12. The van der Waals surface area contributed by atoms with E-state index in [9.17, 15) is 4.79 Å². The second-order valence-electron chi connectivity index (χ2n) is 7.23. The van der Waals surface area contributed by atoms with Crippen LogP contribution in [0.4, 0.5) is 5.95 Å². The van der Waals surface area contributed by atoms with Gasteiger partial charge in [0, 0.05) is 6.07 Å². The number of H-pyrrole nitrogens is 1. The van der Waals surface area contributed by atoms with Gasteiger partial charge in [0.05, 0.1) is 19.0 Å². The van der Waals surface area contributed by atoms with Crippen molar-refractivity contribution in [2.75, 3.05) is 12.5 Å². The zero-order chi connectivity index (χ0) is 21.5. The number of benzene rings is 2. The van der Waals surface area contributed by atoms with Gasteiger partial charge < -0.3 is 9.47 Å². The van der Waals surface area contributed by atoms with Crippen LogP contribution in [0.15, 0.2) is 58.4 Å². The second kappa shape index (κ2) is 9.73. The van der Waals surface area contributed by atoms with Crippen LogP contribution in [0.5, 0.6) is 11.5 Å². The van der Waals surface area contributed by atoms with Gasteiger partial charge in [0.25, 0.3) is 5.56 Å². The first-order valence-corrected chi connectivity index (χ1v) is 9.71. The van der Waals surface area contributed by atoms with E-state index in [0.29, 0.717) is 29.7 Å². The van der Waals surface area contributed by atoms with E-state index in [-0.39, 0.29) is 11.5 Å². The van der Waals surface area contributed by atoms with E-state index in [1.165, 1.54) is 11.6 Å². The third-order valence-corrected chi connectivity index (χ3v) is 4.44. The largest absolute Gasteiger partial charge is 0.493 e. The number of hydrazone groups is 1. The van der Waals surface area contributed by atoms with Crippen LogP contribution in [-0.4, -0.2) is 23.3 Å². The standard InChI is InChI=1S/C23H26N4O3/c1-15(2)19-12-22(28)26-23(25-19)27-24-13-18-9-10-20(21(11-18)29-4)30-14-17-7-5-16(3)6-8-17/h5-13,15H,14H2,1-4H3,(H2,25,26,27,28)/b24-13-. The average Bonchev–Trinajstić information content (AvgIpc) is 2.73. The van der Waals surface area contributed by atoms with Crippen LogP contribution in [0.25, 0.3) is 0 Å². The Kier molecular flexibility index (Phi) is 6.85. The van der Waals surface area contributed by atoms with Crippen LogP contribution in [0.3, 0.4) is 0 Å². The predicted molar refractivity (Wildman–Crippen MR) is 119 cm³/mol. The van der Waals surface area contributed by atoms with Gasteiger partial charge in [-0.1, -0.05) is 43.7 Å². The third kappa shape index (κ3) is 5.70. The van der Waals surface area contributed by atoms with E-state index < -0.39 is 0 Å². The summed E-state index contributed by atoms with van der Waals surface area (Å²) in [4.78, 5) is 18.7. The predicted octanol–water partition coefficient (Wildman–Crippen LogP) is 4.24. The lowest BCUT2D eigenvalue weighted by molar-refractivity contribution is 0.284. The highest BCUT2D eigenvalue weighted by molar-refractivity contribution is 5.81. The SMILES string of the molecule is COc1cc(/C=N\Nc2nc(C(C)C)cc(=O)[nH]2)ccc1OCc1ccc(C)cc1. The number of methoxy groups -OCH3 is 1. The number of aryl methyl sites for hydroxylation is 1. The van der Waals surface area contributed by atoms with Crippen LogP contribution < -0.4 is 20.5 Å². The Morgan fingerprint density at radius 1 is 1.13 bits per heavy atom. The molecule has 7 heteroatoms. The monoisotopic (exact) mass is 406 g/mol. The van der Waals surface area contributed by atoms with Gasteiger partial charge in [-0.25, -0.2) is 10.4 Å². The molecule has 1 aromatic heterocycles. The van der Waals surface area contributed by atoms with E-state index in [4.69, 9.17) is 9.47 Å². The fourth-order valence-corrected chi connectivity index (χ4v) is 2.72. The molecule has 7 nitrogen and oxygen atoms in total. The number of hydrogen-bond acceptors (Lipinski definition) is 6. The molecular formula is C23H26N4O3. The van der Waals surface area contributed by atoms with E-state index in [1.54, 1.807) is 13.3 Å². The molecule has 0 aliphatic rings. The van der Waals surface area contributed by atoms with Crippen molar-refractivity contribution in [3.63, 3.8) is 0 Å². The molecule has 0 fully saturated rings. The zero-order valence-electron chi connectivity index (χ0n) is 17.6. The quantitative estimate of drug-likeness (QED) is 0.432. The lowest BCUT2D eigenvalue weighted by atomic mass is 10.1. The summed E-state index contributed by atoms with van der Waals surface area (Å²) in [7, 11) is 1.60. The fourth-order valence-electron chi connectivity index (χ4n) is 2.72. The number of nitrogens with zero attached hydrogens (tertiary/aromatic N) is 2. The highest BCUT2D eigenvalue weighted by Gasteiger charge is 2.07. The van der Waals surface area contributed by atoms with Gasteiger partial charge in [0.15, 0.2) is 11.5 Å². The Labute approximate surface area is 175 Å². The van der Waals surface area contributed by atoms with Crippen molar-refractivity contribution in [3.05, 3.63) is 81.3 Å². The molecule has 0 saturated heterocycles. The average molecular weight is 406 g/mol. The molecule has 0 radical (unpaired) electrons. The zero-order valence-corrected chi connectivity index (χ0v) is 17.6. The summed E-state index contributed by atoms with van der Waals surface area (Å²) in [6.45, 7) is 6.46. The molecular weight excluding hydrogens is 380 g/mol. The number of rotatable bonds is 8. The summed E-state index contributed by atoms with van der Waals surface area (Å²) >= 11 is 0. The molecule has 0 amide bonds. The number of ether oxygens (including phenoxy) is 2. The van der Waals surface area contributed by atoms with Gasteiger partial charge in [0.2, 0.25) is 5.95 Å². The molecule has 0 bridgehead atoms. The number of aromatic nitrogens is 2. The van der Waals surface area contributed by atoms with Gasteiger partial charge in [-0.15, -0.1) is 0 Å². The van der Waals surface area contributed by atoms with Crippen molar-refractivity contribution in [2.45, 2.75) is 33.3 Å². The highest BCUT2D eigenvalue weighted by atomic mass is 16.5. The summed E-state index contributed by atoms with van der Waals surface area (Å²) in [6, 6.07) is 15.2. The molecule has 0 unspecified atom stereocenters. The van der Waals surface area contributed by atoms with E-state index in [2.05, 4.69) is 39.6 Å². The van der Waals surface area contributed by atoms with Gasteiger partial charge >= 0.3 is 0 Å². The maximum Gasteiger partial charge on any atom is 0.252 e. The minimum atomic E-state index is -0.219. The molecule has 0 aliphatic heterocycles. The first-order chi connectivity index (χ1) is 14.4. The summed E-state index contributed by atoms with van der Waals surface area (Å²) in [5.74, 6) is 1.71. The summed E-state index contributed by atoms with van der Waals surface area (Å²) < 4.78 is 11.3. The molecule has 156 valence electrons. The van der Waals surface area contributed by atoms with E-state index >= 15 is 0 Å². The summed E-state index contributed by atoms with van der Waals surface area (Å²) in [5.41, 5.74) is 6.35. The van der Waals surface area contributed by atoms with Crippen LogP contribution in [0.1, 0.15) is 42.1 Å². The molecule has 0 aliphatic carbocycles. The van der Waals surface area contributed by atoms with Gasteiger partial charge in [-0.05, 0) is 42.2 Å². The Bertz CT molecular complexity index is 1070. The molecule has 0 atom stereocenters. The van der Waals surface area contributed by atoms with Crippen molar-refractivity contribution >= 4 is 12.2 Å². The topological polar surface area (TPSA) is 88.6 Å². The second-order valence-corrected chi connectivity index (χ2v) is 7.23. The van der Waals surface area contributed by atoms with Crippen LogP contribution in [0, 0.1) is 6.92 Å². The first-order valence-electron chi connectivity index (χ1n) is 9.71. The Morgan fingerprint density at radius 3 is 2.60 bits per heavy atom. The van der Waals surface area contributed by atoms with Crippen molar-refractivity contribution in [2.24, 2.45) is 5.10 Å². The molecule has 30 heavy (non-hydrogen) atoms. The summed E-state index contributed by atoms with van der Waals surface area (Å²) in [6.07, 6.45) is 1.62. The number of nitrogens with one attached hydrogen (secondary N) is 2. The normalized spacial score (nSPS) is 11.1. The van der Waals surface area contributed by atoms with Crippen molar-refractivity contribution < 1.29 is 9.47 Å². The van der Waals surface area contributed by atoms with Crippen LogP contribution in [0.2, 0.25) is 0 Å². The smallest absolute Gasteiger partial charge is 0.252 e. The number of aromatic amines is 1. The molecule has 3 rings (SSSR count). The van der Waals surface area contributed by atoms with Gasteiger partial charge in [-0.2, -0.15) is 5.10 Å². The summed E-state index contributed by atoms with van der Waals surface area (Å²) in [5, 5.41) is 4.16. The molecule has 2 aromatic carbocycles. The minimum absolute atomic E-state index is 0.147. The molecule has 0 spiro atoms. The fraction of sp³-hybridized carbons (Fsp3) is 0.261. The van der Waals surface area contributed by atoms with Crippen molar-refractivity contribution in [1.29, 1.82) is 0 Å².